The number of carboxylic acid groups (broad SMARTS) is 1. The van der Waals surface area contributed by atoms with Gasteiger partial charge in [-0.15, -0.1) is 0 Å². The summed E-state index contributed by atoms with van der Waals surface area (Å²) in [5.41, 5.74) is 0. The summed E-state index contributed by atoms with van der Waals surface area (Å²) >= 11 is 0. The number of rotatable bonds is 4. The Kier molecular flexibility index (Phi) is 4.78. The van der Waals surface area contributed by atoms with Crippen molar-refractivity contribution < 1.29 is 24.2 Å². The van der Waals surface area contributed by atoms with Crippen LogP contribution in [-0.2, 0) is 14.3 Å². The smallest absolute Gasteiger partial charge is 0.328 e. The van der Waals surface area contributed by atoms with E-state index in [-0.39, 0.29) is 19.0 Å². The van der Waals surface area contributed by atoms with Gasteiger partial charge in [-0.1, -0.05) is 0 Å². The van der Waals surface area contributed by atoms with Gasteiger partial charge in [-0.2, -0.15) is 0 Å². The Balaban J connectivity index is 1.81. The van der Waals surface area contributed by atoms with Crippen LogP contribution >= 0.6 is 0 Å². The Morgan fingerprint density at radius 1 is 1.50 bits per heavy atom. The summed E-state index contributed by atoms with van der Waals surface area (Å²) in [5.74, 6) is -1.03. The lowest BCUT2D eigenvalue weighted by molar-refractivity contribution is -0.144. The lowest BCUT2D eigenvalue weighted by atomic mass is 10.1. The molecule has 2 saturated heterocycles. The van der Waals surface area contributed by atoms with Crippen LogP contribution in [0.15, 0.2) is 0 Å². The molecule has 112 valence electrons. The van der Waals surface area contributed by atoms with E-state index in [2.05, 4.69) is 10.6 Å². The van der Waals surface area contributed by atoms with Crippen molar-refractivity contribution in [3.8, 4) is 0 Å². The van der Waals surface area contributed by atoms with E-state index in [1.807, 2.05) is 0 Å². The summed E-state index contributed by atoms with van der Waals surface area (Å²) in [7, 11) is 0. The minimum Gasteiger partial charge on any atom is -0.480 e. The largest absolute Gasteiger partial charge is 0.480 e. The van der Waals surface area contributed by atoms with E-state index in [0.717, 1.165) is 24.3 Å². The maximum atomic E-state index is 12.0. The van der Waals surface area contributed by atoms with Crippen molar-refractivity contribution in [2.24, 2.45) is 5.92 Å². The molecule has 2 heterocycles. The molecular weight excluding hydrogens is 266 g/mol. The lowest BCUT2D eigenvalue weighted by Gasteiger charge is -2.32. The molecule has 0 aromatic carbocycles. The first-order valence-corrected chi connectivity index (χ1v) is 6.69. The van der Waals surface area contributed by atoms with Crippen molar-refractivity contribution in [3.63, 3.8) is 0 Å². The molecule has 0 aromatic heterocycles. The Morgan fingerprint density at radius 3 is 2.95 bits per heavy atom. The minimum absolute atomic E-state index is 0.0575. The highest BCUT2D eigenvalue weighted by Crippen LogP contribution is 2.15. The first-order valence-electron chi connectivity index (χ1n) is 6.69. The zero-order chi connectivity index (χ0) is 14.5. The highest BCUT2D eigenvalue weighted by molar-refractivity contribution is 5.90. The van der Waals surface area contributed by atoms with Crippen LogP contribution in [0, 0.1) is 5.92 Å². The molecule has 0 bridgehead atoms. The van der Waals surface area contributed by atoms with E-state index in [4.69, 9.17) is 9.84 Å². The quantitative estimate of drug-likeness (QED) is 0.614. The van der Waals surface area contributed by atoms with Crippen LogP contribution in [0.4, 0.5) is 4.79 Å². The summed E-state index contributed by atoms with van der Waals surface area (Å²) in [4.78, 5) is 35.4. The number of nitrogens with zero attached hydrogens (tertiary/aromatic N) is 1. The molecule has 0 radical (unpaired) electrons. The molecule has 2 aliphatic rings. The highest BCUT2D eigenvalue weighted by atomic mass is 16.5. The van der Waals surface area contributed by atoms with Gasteiger partial charge in [-0.25, -0.2) is 9.59 Å². The summed E-state index contributed by atoms with van der Waals surface area (Å²) in [5, 5.41) is 14.2. The maximum Gasteiger partial charge on any atom is 0.328 e. The van der Waals surface area contributed by atoms with Crippen LogP contribution in [0.25, 0.3) is 0 Å². The van der Waals surface area contributed by atoms with Crippen LogP contribution in [0.2, 0.25) is 0 Å². The molecule has 2 rings (SSSR count). The molecular formula is C12H19N3O5. The third-order valence-corrected chi connectivity index (χ3v) is 3.58. The summed E-state index contributed by atoms with van der Waals surface area (Å²) < 4.78 is 5.24. The van der Waals surface area contributed by atoms with Crippen molar-refractivity contribution in [3.05, 3.63) is 0 Å². The number of piperazine rings is 1. The minimum atomic E-state index is -1.12. The van der Waals surface area contributed by atoms with Gasteiger partial charge in [0.05, 0.1) is 0 Å². The SMILES string of the molecule is O=C1CN(C(=O)NCCC2CCOC2)C(C(=O)O)CN1. The maximum absolute atomic E-state index is 12.0. The fourth-order valence-electron chi connectivity index (χ4n) is 2.37. The molecule has 3 N–H and O–H groups in total. The molecule has 2 atom stereocenters. The molecule has 0 spiro atoms. The van der Waals surface area contributed by atoms with E-state index < -0.39 is 18.0 Å². The number of amides is 3. The van der Waals surface area contributed by atoms with Gasteiger partial charge < -0.3 is 20.5 Å². The Bertz CT molecular complexity index is 395. The number of aliphatic carboxylic acids is 1. The zero-order valence-electron chi connectivity index (χ0n) is 11.1. The molecule has 3 amide bonds. The second-order valence-corrected chi connectivity index (χ2v) is 5.04. The van der Waals surface area contributed by atoms with Gasteiger partial charge in [-0.05, 0) is 18.8 Å². The molecule has 0 saturated carbocycles. The zero-order valence-corrected chi connectivity index (χ0v) is 11.1. The number of nitrogens with one attached hydrogen (secondary N) is 2. The normalized spacial score (nSPS) is 26.2. The van der Waals surface area contributed by atoms with Gasteiger partial charge in [0.1, 0.15) is 12.6 Å². The van der Waals surface area contributed by atoms with Crippen molar-refractivity contribution in [1.82, 2.24) is 15.5 Å². The average molecular weight is 285 g/mol. The number of hydrogen-bond donors (Lipinski definition) is 3. The Morgan fingerprint density at radius 2 is 2.30 bits per heavy atom. The predicted molar refractivity (Wildman–Crippen MR) is 68.1 cm³/mol. The van der Waals surface area contributed by atoms with E-state index in [0.29, 0.717) is 19.1 Å². The number of ether oxygens (including phenoxy) is 1. The fraction of sp³-hybridized carbons (Fsp3) is 0.750. The summed E-state index contributed by atoms with van der Waals surface area (Å²) in [6, 6.07) is -1.52. The molecule has 8 heteroatoms. The van der Waals surface area contributed by atoms with Gasteiger partial charge >= 0.3 is 12.0 Å². The molecule has 2 aliphatic heterocycles. The molecule has 20 heavy (non-hydrogen) atoms. The van der Waals surface area contributed by atoms with Gasteiger partial charge in [0.2, 0.25) is 5.91 Å². The number of carbonyl (C=O) groups is 3. The van der Waals surface area contributed by atoms with Crippen LogP contribution in [0.5, 0.6) is 0 Å². The van der Waals surface area contributed by atoms with Crippen molar-refractivity contribution in [2.45, 2.75) is 18.9 Å². The Hall–Kier alpha value is -1.83. The van der Waals surface area contributed by atoms with E-state index in [1.54, 1.807) is 0 Å². The first-order chi connectivity index (χ1) is 9.58. The molecule has 8 nitrogen and oxygen atoms in total. The van der Waals surface area contributed by atoms with Crippen LogP contribution < -0.4 is 10.6 Å². The predicted octanol–water partition coefficient (Wildman–Crippen LogP) is -0.992. The average Bonchev–Trinajstić information content (AvgIpc) is 2.91. The summed E-state index contributed by atoms with van der Waals surface area (Å²) in [6.45, 7) is 1.64. The second-order valence-electron chi connectivity index (χ2n) is 5.04. The van der Waals surface area contributed by atoms with Gasteiger partial charge in [0, 0.05) is 26.3 Å². The van der Waals surface area contributed by atoms with Crippen molar-refractivity contribution >= 4 is 17.9 Å². The van der Waals surface area contributed by atoms with E-state index >= 15 is 0 Å². The fourth-order valence-corrected chi connectivity index (χ4v) is 2.37. The van der Waals surface area contributed by atoms with E-state index in [9.17, 15) is 14.4 Å². The standard InChI is InChI=1S/C12H19N3O5/c16-10-6-15(9(5-14-10)11(17)18)12(19)13-3-1-8-2-4-20-7-8/h8-9H,1-7H2,(H,13,19)(H,14,16)(H,17,18). The lowest BCUT2D eigenvalue weighted by Crippen LogP contribution is -2.61. The molecule has 0 aliphatic carbocycles. The molecule has 2 fully saturated rings. The van der Waals surface area contributed by atoms with Crippen LogP contribution in [0.3, 0.4) is 0 Å². The highest BCUT2D eigenvalue weighted by Gasteiger charge is 2.35. The van der Waals surface area contributed by atoms with Gasteiger partial charge in [0.25, 0.3) is 0 Å². The number of urea groups is 1. The number of carboxylic acids is 1. The number of hydrogen-bond acceptors (Lipinski definition) is 4. The Labute approximate surface area is 116 Å². The third kappa shape index (κ3) is 3.60. The molecule has 2 unspecified atom stereocenters. The first kappa shape index (κ1) is 14.6. The summed E-state index contributed by atoms with van der Waals surface area (Å²) in [6.07, 6.45) is 1.78. The topological polar surface area (TPSA) is 108 Å². The van der Waals surface area contributed by atoms with Gasteiger partial charge in [-0.3, -0.25) is 9.69 Å². The second kappa shape index (κ2) is 6.56. The van der Waals surface area contributed by atoms with Crippen molar-refractivity contribution in [2.75, 3.05) is 32.8 Å². The van der Waals surface area contributed by atoms with E-state index in [1.165, 1.54) is 0 Å². The third-order valence-electron chi connectivity index (χ3n) is 3.58. The van der Waals surface area contributed by atoms with Gasteiger partial charge in [0.15, 0.2) is 0 Å². The molecule has 0 aromatic rings. The monoisotopic (exact) mass is 285 g/mol. The van der Waals surface area contributed by atoms with Crippen molar-refractivity contribution in [1.29, 1.82) is 0 Å². The van der Waals surface area contributed by atoms with Crippen LogP contribution in [-0.4, -0.2) is 66.8 Å². The van der Waals surface area contributed by atoms with Crippen LogP contribution in [0.1, 0.15) is 12.8 Å². The number of carbonyl (C=O) groups excluding carboxylic acids is 2.